The van der Waals surface area contributed by atoms with Gasteiger partial charge < -0.3 is 20.8 Å². The van der Waals surface area contributed by atoms with Gasteiger partial charge in [0.1, 0.15) is 18.5 Å². The molecule has 2 heterocycles. The Kier molecular flexibility index (Phi) is 3.80. The molecule has 0 bridgehead atoms. The number of hydrogen-bond acceptors (Lipinski definition) is 7. The Bertz CT molecular complexity index is 546. The molecule has 1 unspecified atom stereocenters. The zero-order chi connectivity index (χ0) is 13.1. The van der Waals surface area contributed by atoms with Crippen molar-refractivity contribution < 1.29 is 15.1 Å². The number of fused-ring (bicyclic) bond motifs is 1. The number of hydrogen-bond donors (Lipinski definition) is 3. The van der Waals surface area contributed by atoms with E-state index in [0.29, 0.717) is 11.2 Å². The van der Waals surface area contributed by atoms with Gasteiger partial charge in [-0.25, -0.2) is 4.98 Å². The van der Waals surface area contributed by atoms with Gasteiger partial charge in [0, 0.05) is 6.42 Å². The van der Waals surface area contributed by atoms with Gasteiger partial charge in [-0.05, 0) is 0 Å². The van der Waals surface area contributed by atoms with Gasteiger partial charge in [0.2, 0.25) is 11.6 Å². The molecule has 0 aliphatic rings. The number of rotatable bonds is 5. The molecular formula is C9H12ClN5O3. The van der Waals surface area contributed by atoms with Gasteiger partial charge in [-0.3, -0.25) is 0 Å². The molecule has 8 nitrogen and oxygen atoms in total. The maximum absolute atomic E-state index is 9.17. The van der Waals surface area contributed by atoms with E-state index in [2.05, 4.69) is 15.0 Å². The highest BCUT2D eigenvalue weighted by Gasteiger charge is 2.11. The van der Waals surface area contributed by atoms with E-state index in [1.807, 2.05) is 0 Å². The third-order valence-corrected chi connectivity index (χ3v) is 2.50. The summed E-state index contributed by atoms with van der Waals surface area (Å²) in [4.78, 5) is 17.0. The molecule has 0 radical (unpaired) electrons. The number of anilines is 1. The molecule has 0 spiro atoms. The minimum Gasteiger partial charge on any atom is -0.411 e. The number of halogens is 1. The van der Waals surface area contributed by atoms with Crippen LogP contribution in [0.3, 0.4) is 0 Å². The Morgan fingerprint density at radius 3 is 3.00 bits per heavy atom. The van der Waals surface area contributed by atoms with Gasteiger partial charge in [-0.1, -0.05) is 11.6 Å². The molecule has 0 aliphatic carbocycles. The SMILES string of the molecule is Nc1nc(Cl)c2ncn(OCCC(O)CO)c2n1. The number of aromatic nitrogens is 4. The van der Waals surface area contributed by atoms with Crippen LogP contribution in [-0.4, -0.2) is 49.2 Å². The summed E-state index contributed by atoms with van der Waals surface area (Å²) in [6.07, 6.45) is 0.851. The van der Waals surface area contributed by atoms with Crippen LogP contribution in [0.15, 0.2) is 6.33 Å². The molecular weight excluding hydrogens is 262 g/mol. The average molecular weight is 274 g/mol. The predicted molar refractivity (Wildman–Crippen MR) is 63.9 cm³/mol. The summed E-state index contributed by atoms with van der Waals surface area (Å²) >= 11 is 5.85. The molecule has 0 saturated carbocycles. The summed E-state index contributed by atoms with van der Waals surface area (Å²) in [6.45, 7) is -0.121. The Labute approximate surface area is 107 Å². The summed E-state index contributed by atoms with van der Waals surface area (Å²) in [7, 11) is 0. The summed E-state index contributed by atoms with van der Waals surface area (Å²) in [5.74, 6) is 0.0215. The molecule has 2 aromatic heterocycles. The van der Waals surface area contributed by atoms with Crippen molar-refractivity contribution in [1.82, 2.24) is 19.7 Å². The van der Waals surface area contributed by atoms with Crippen LogP contribution >= 0.6 is 11.6 Å². The van der Waals surface area contributed by atoms with Crippen LogP contribution in [-0.2, 0) is 0 Å². The maximum atomic E-state index is 9.17. The van der Waals surface area contributed by atoms with E-state index >= 15 is 0 Å². The Morgan fingerprint density at radius 1 is 1.50 bits per heavy atom. The number of nitrogens with zero attached hydrogens (tertiary/aromatic N) is 4. The van der Waals surface area contributed by atoms with E-state index < -0.39 is 6.10 Å². The number of imidazole rings is 1. The second kappa shape index (κ2) is 5.34. The van der Waals surface area contributed by atoms with Gasteiger partial charge in [0.15, 0.2) is 5.15 Å². The first-order valence-electron chi connectivity index (χ1n) is 5.20. The van der Waals surface area contributed by atoms with Crippen LogP contribution < -0.4 is 10.6 Å². The molecule has 1 atom stereocenters. The van der Waals surface area contributed by atoms with E-state index in [4.69, 9.17) is 32.4 Å². The van der Waals surface area contributed by atoms with Gasteiger partial charge >= 0.3 is 0 Å². The molecule has 98 valence electrons. The molecule has 0 aliphatic heterocycles. The van der Waals surface area contributed by atoms with Crippen molar-refractivity contribution in [2.75, 3.05) is 18.9 Å². The first-order chi connectivity index (χ1) is 8.61. The standard InChI is InChI=1S/C9H12ClN5O3/c10-7-6-8(14-9(11)13-7)15(4-12-6)18-2-1-5(17)3-16/h4-5,16-17H,1-3H2,(H2,11,13,14). The van der Waals surface area contributed by atoms with Crippen molar-refractivity contribution in [2.24, 2.45) is 0 Å². The van der Waals surface area contributed by atoms with Crippen LogP contribution in [0.4, 0.5) is 5.95 Å². The van der Waals surface area contributed by atoms with E-state index in [1.165, 1.54) is 11.1 Å². The number of nitrogen functional groups attached to an aromatic ring is 1. The van der Waals surface area contributed by atoms with Crippen LogP contribution in [0.25, 0.3) is 11.2 Å². The molecule has 9 heteroatoms. The lowest BCUT2D eigenvalue weighted by atomic mass is 10.3. The van der Waals surface area contributed by atoms with Crippen molar-refractivity contribution >= 4 is 28.7 Å². The van der Waals surface area contributed by atoms with Crippen LogP contribution in [0.2, 0.25) is 5.15 Å². The molecule has 0 fully saturated rings. The summed E-state index contributed by atoms with van der Waals surface area (Å²) in [5.41, 5.74) is 6.21. The molecule has 0 amide bonds. The maximum Gasteiger partial charge on any atom is 0.223 e. The number of aliphatic hydroxyl groups excluding tert-OH is 2. The van der Waals surface area contributed by atoms with Crippen molar-refractivity contribution in [2.45, 2.75) is 12.5 Å². The van der Waals surface area contributed by atoms with Crippen LogP contribution in [0, 0.1) is 0 Å². The predicted octanol–water partition coefficient (Wildman–Crippen LogP) is -0.766. The molecule has 2 rings (SSSR count). The highest BCUT2D eigenvalue weighted by Crippen LogP contribution is 2.18. The first-order valence-corrected chi connectivity index (χ1v) is 5.58. The number of aliphatic hydroxyl groups is 2. The normalized spacial score (nSPS) is 12.8. The van der Waals surface area contributed by atoms with Crippen LogP contribution in [0.5, 0.6) is 0 Å². The van der Waals surface area contributed by atoms with Crippen LogP contribution in [0.1, 0.15) is 6.42 Å². The molecule has 4 N–H and O–H groups in total. The van der Waals surface area contributed by atoms with E-state index in [1.54, 1.807) is 0 Å². The zero-order valence-electron chi connectivity index (χ0n) is 9.32. The average Bonchev–Trinajstić information content (AvgIpc) is 2.72. The Balaban J connectivity index is 2.14. The minimum atomic E-state index is -0.817. The summed E-state index contributed by atoms with van der Waals surface area (Å²) < 4.78 is 1.29. The highest BCUT2D eigenvalue weighted by molar-refractivity contribution is 6.33. The van der Waals surface area contributed by atoms with Gasteiger partial charge in [0.05, 0.1) is 12.7 Å². The Hall–Kier alpha value is -1.64. The van der Waals surface area contributed by atoms with E-state index in [-0.39, 0.29) is 30.7 Å². The topological polar surface area (TPSA) is 119 Å². The second-order valence-electron chi connectivity index (χ2n) is 3.57. The highest BCUT2D eigenvalue weighted by atomic mass is 35.5. The third kappa shape index (κ3) is 2.61. The lowest BCUT2D eigenvalue weighted by Crippen LogP contribution is -2.20. The van der Waals surface area contributed by atoms with Gasteiger partial charge in [-0.2, -0.15) is 14.7 Å². The van der Waals surface area contributed by atoms with Crippen molar-refractivity contribution in [1.29, 1.82) is 0 Å². The van der Waals surface area contributed by atoms with Gasteiger partial charge in [-0.15, -0.1) is 0 Å². The van der Waals surface area contributed by atoms with E-state index in [9.17, 15) is 0 Å². The van der Waals surface area contributed by atoms with Crippen molar-refractivity contribution in [3.8, 4) is 0 Å². The molecule has 2 aromatic rings. The summed E-state index contributed by atoms with van der Waals surface area (Å²) in [5, 5.41) is 18.0. The first kappa shape index (κ1) is 12.8. The van der Waals surface area contributed by atoms with Gasteiger partial charge in [0.25, 0.3) is 0 Å². The minimum absolute atomic E-state index is 0.0215. The zero-order valence-corrected chi connectivity index (χ0v) is 10.1. The summed E-state index contributed by atoms with van der Waals surface area (Å²) in [6, 6.07) is 0. The Morgan fingerprint density at radius 2 is 2.28 bits per heavy atom. The third-order valence-electron chi connectivity index (χ3n) is 2.23. The smallest absolute Gasteiger partial charge is 0.223 e. The fourth-order valence-corrected chi connectivity index (χ4v) is 1.55. The largest absolute Gasteiger partial charge is 0.411 e. The molecule has 0 aromatic carbocycles. The molecule has 18 heavy (non-hydrogen) atoms. The number of nitrogens with two attached hydrogens (primary N) is 1. The lowest BCUT2D eigenvalue weighted by Gasteiger charge is -2.09. The van der Waals surface area contributed by atoms with Crippen molar-refractivity contribution in [3.05, 3.63) is 11.5 Å². The lowest BCUT2D eigenvalue weighted by molar-refractivity contribution is 0.0444. The monoisotopic (exact) mass is 273 g/mol. The molecule has 0 saturated heterocycles. The van der Waals surface area contributed by atoms with E-state index in [0.717, 1.165) is 0 Å². The fraction of sp³-hybridized carbons (Fsp3) is 0.444. The quantitative estimate of drug-likeness (QED) is 0.612. The van der Waals surface area contributed by atoms with Crippen molar-refractivity contribution in [3.63, 3.8) is 0 Å². The second-order valence-corrected chi connectivity index (χ2v) is 3.93. The fourth-order valence-electron chi connectivity index (χ4n) is 1.33.